The molecule has 0 fully saturated rings. The molecule has 0 atom stereocenters. The molecule has 0 radical (unpaired) electrons. The number of rotatable bonds is 2. The van der Waals surface area contributed by atoms with Crippen LogP contribution in [0.15, 0.2) is 40.8 Å². The van der Waals surface area contributed by atoms with Crippen molar-refractivity contribution in [3.05, 3.63) is 46.5 Å². The monoisotopic (exact) mass is 270 g/mol. The molecule has 20 heavy (non-hydrogen) atoms. The lowest BCUT2D eigenvalue weighted by Gasteiger charge is -2.01. The molecule has 100 valence electrons. The molecule has 2 aromatic carbocycles. The second kappa shape index (κ2) is 4.34. The average molecular weight is 270 g/mol. The molecule has 3 rings (SSSR count). The Bertz CT molecular complexity index is 851. The number of nitro benzene ring substituents is 1. The Balaban J connectivity index is 2.31. The number of hydrogen-bond acceptors (Lipinski definition) is 4. The van der Waals surface area contributed by atoms with Crippen LogP contribution in [-0.2, 0) is 4.79 Å². The van der Waals surface area contributed by atoms with E-state index >= 15 is 0 Å². The van der Waals surface area contributed by atoms with Crippen molar-refractivity contribution in [2.75, 3.05) is 5.32 Å². The van der Waals surface area contributed by atoms with E-state index in [0.29, 0.717) is 22.2 Å². The summed E-state index contributed by atoms with van der Waals surface area (Å²) in [5.41, 5.74) is 1.61. The van der Waals surface area contributed by atoms with E-state index in [4.69, 9.17) is 4.42 Å². The fourth-order valence-electron chi connectivity index (χ4n) is 2.19. The zero-order valence-corrected chi connectivity index (χ0v) is 10.5. The maximum atomic E-state index is 11.2. The predicted octanol–water partition coefficient (Wildman–Crippen LogP) is 3.45. The molecule has 0 aliphatic rings. The minimum absolute atomic E-state index is 0.00475. The highest BCUT2D eigenvalue weighted by molar-refractivity contribution is 6.11. The standard InChI is InChI=1S/C14H10N2O4/c1-8(17)15-12-4-2-3-10-11-7-9(16(18)19)5-6-13(11)20-14(10)12/h2-7H,1H3,(H,15,17). The van der Waals surface area contributed by atoms with Crippen molar-refractivity contribution in [1.29, 1.82) is 0 Å². The number of non-ortho nitro benzene ring substituents is 1. The van der Waals surface area contributed by atoms with Crippen molar-refractivity contribution in [3.63, 3.8) is 0 Å². The molecule has 3 aromatic rings. The SMILES string of the molecule is CC(=O)Nc1cccc2c1oc1ccc([N+](=O)[O-])cc12. The molecule has 0 unspecified atom stereocenters. The van der Waals surface area contributed by atoms with Crippen LogP contribution in [0.25, 0.3) is 21.9 Å². The topological polar surface area (TPSA) is 85.4 Å². The molecule has 0 bridgehead atoms. The zero-order chi connectivity index (χ0) is 14.3. The van der Waals surface area contributed by atoms with Gasteiger partial charge < -0.3 is 9.73 Å². The Kier molecular flexibility index (Phi) is 2.64. The summed E-state index contributed by atoms with van der Waals surface area (Å²) in [6.07, 6.45) is 0. The fraction of sp³-hybridized carbons (Fsp3) is 0.0714. The average Bonchev–Trinajstić information content (AvgIpc) is 2.77. The summed E-state index contributed by atoms with van der Waals surface area (Å²) >= 11 is 0. The Morgan fingerprint density at radius 2 is 2.05 bits per heavy atom. The van der Waals surface area contributed by atoms with E-state index in [2.05, 4.69) is 5.32 Å². The van der Waals surface area contributed by atoms with Gasteiger partial charge in [0.15, 0.2) is 5.58 Å². The highest BCUT2D eigenvalue weighted by Gasteiger charge is 2.14. The van der Waals surface area contributed by atoms with Gasteiger partial charge in [0.25, 0.3) is 5.69 Å². The van der Waals surface area contributed by atoms with E-state index in [-0.39, 0.29) is 11.6 Å². The lowest BCUT2D eigenvalue weighted by molar-refractivity contribution is -0.384. The first kappa shape index (κ1) is 12.2. The summed E-state index contributed by atoms with van der Waals surface area (Å²) in [6.45, 7) is 1.41. The molecule has 6 nitrogen and oxygen atoms in total. The van der Waals surface area contributed by atoms with E-state index in [1.54, 1.807) is 24.3 Å². The summed E-state index contributed by atoms with van der Waals surface area (Å²) in [5, 5.41) is 14.9. The first-order valence-electron chi connectivity index (χ1n) is 5.93. The van der Waals surface area contributed by atoms with Gasteiger partial charge in [-0.25, -0.2) is 0 Å². The van der Waals surface area contributed by atoms with E-state index in [1.165, 1.54) is 19.1 Å². The molecule has 6 heteroatoms. The first-order chi connectivity index (χ1) is 9.56. The van der Waals surface area contributed by atoms with E-state index in [9.17, 15) is 14.9 Å². The minimum atomic E-state index is -0.448. The summed E-state index contributed by atoms with van der Waals surface area (Å²) < 4.78 is 5.68. The number of carbonyl (C=O) groups excluding carboxylic acids is 1. The number of hydrogen-bond donors (Lipinski definition) is 1. The quantitative estimate of drug-likeness (QED) is 0.570. The third-order valence-corrected chi connectivity index (χ3v) is 3.00. The van der Waals surface area contributed by atoms with Gasteiger partial charge in [0.2, 0.25) is 5.91 Å². The van der Waals surface area contributed by atoms with Crippen LogP contribution in [0.5, 0.6) is 0 Å². The van der Waals surface area contributed by atoms with Crippen LogP contribution in [0.1, 0.15) is 6.92 Å². The molecule has 1 N–H and O–H groups in total. The molecular weight excluding hydrogens is 260 g/mol. The smallest absolute Gasteiger partial charge is 0.270 e. The number of benzene rings is 2. The first-order valence-corrected chi connectivity index (χ1v) is 5.93. The van der Waals surface area contributed by atoms with Crippen molar-refractivity contribution in [2.45, 2.75) is 6.92 Å². The second-order valence-corrected chi connectivity index (χ2v) is 4.40. The summed E-state index contributed by atoms with van der Waals surface area (Å²) in [4.78, 5) is 21.6. The number of furan rings is 1. The summed E-state index contributed by atoms with van der Waals surface area (Å²) in [5.74, 6) is -0.205. The van der Waals surface area contributed by atoms with Gasteiger partial charge in [-0.15, -0.1) is 0 Å². The molecule has 1 amide bonds. The van der Waals surface area contributed by atoms with Gasteiger partial charge in [-0.2, -0.15) is 0 Å². The molecule has 0 saturated carbocycles. The van der Waals surface area contributed by atoms with Crippen LogP contribution < -0.4 is 5.32 Å². The molecule has 0 saturated heterocycles. The van der Waals surface area contributed by atoms with Gasteiger partial charge in [0.1, 0.15) is 5.58 Å². The van der Waals surface area contributed by atoms with Gasteiger partial charge >= 0.3 is 0 Å². The van der Waals surface area contributed by atoms with Crippen LogP contribution >= 0.6 is 0 Å². The lowest BCUT2D eigenvalue weighted by atomic mass is 10.1. The maximum absolute atomic E-state index is 11.2. The fourth-order valence-corrected chi connectivity index (χ4v) is 2.19. The molecule has 0 spiro atoms. The third kappa shape index (κ3) is 1.87. The van der Waals surface area contributed by atoms with Crippen LogP contribution in [0, 0.1) is 10.1 Å². The zero-order valence-electron chi connectivity index (χ0n) is 10.5. The number of nitrogens with one attached hydrogen (secondary N) is 1. The lowest BCUT2D eigenvalue weighted by Crippen LogP contribution is -2.05. The number of amides is 1. The molecule has 0 aliphatic heterocycles. The highest BCUT2D eigenvalue weighted by Crippen LogP contribution is 2.35. The van der Waals surface area contributed by atoms with Crippen molar-refractivity contribution < 1.29 is 14.1 Å². The number of carbonyl (C=O) groups is 1. The predicted molar refractivity (Wildman–Crippen MR) is 74.7 cm³/mol. The van der Waals surface area contributed by atoms with Crippen molar-refractivity contribution in [1.82, 2.24) is 0 Å². The van der Waals surface area contributed by atoms with Gasteiger partial charge in [0, 0.05) is 29.8 Å². The summed E-state index contributed by atoms with van der Waals surface area (Å²) in [7, 11) is 0. The molecule has 1 aromatic heterocycles. The number of para-hydroxylation sites is 1. The van der Waals surface area contributed by atoms with Crippen molar-refractivity contribution >= 4 is 39.2 Å². The van der Waals surface area contributed by atoms with Crippen LogP contribution in [0.3, 0.4) is 0 Å². The van der Waals surface area contributed by atoms with Crippen LogP contribution in [-0.4, -0.2) is 10.8 Å². The van der Waals surface area contributed by atoms with Gasteiger partial charge in [0.05, 0.1) is 10.6 Å². The number of nitro groups is 1. The minimum Gasteiger partial charge on any atom is -0.454 e. The number of nitrogens with zero attached hydrogens (tertiary/aromatic N) is 1. The maximum Gasteiger partial charge on any atom is 0.270 e. The van der Waals surface area contributed by atoms with Gasteiger partial charge in [-0.3, -0.25) is 14.9 Å². The Morgan fingerprint density at radius 3 is 2.75 bits per heavy atom. The Labute approximate surface area is 113 Å². The third-order valence-electron chi connectivity index (χ3n) is 3.00. The van der Waals surface area contributed by atoms with Gasteiger partial charge in [-0.05, 0) is 12.1 Å². The second-order valence-electron chi connectivity index (χ2n) is 4.40. The van der Waals surface area contributed by atoms with E-state index < -0.39 is 4.92 Å². The summed E-state index contributed by atoms with van der Waals surface area (Å²) in [6, 6.07) is 9.71. The number of anilines is 1. The molecule has 0 aliphatic carbocycles. The molecule has 1 heterocycles. The molecular formula is C14H10N2O4. The Morgan fingerprint density at radius 1 is 1.25 bits per heavy atom. The Hall–Kier alpha value is -2.89. The van der Waals surface area contributed by atoms with Crippen LogP contribution in [0.4, 0.5) is 11.4 Å². The highest BCUT2D eigenvalue weighted by atomic mass is 16.6. The van der Waals surface area contributed by atoms with Crippen LogP contribution in [0.2, 0.25) is 0 Å². The van der Waals surface area contributed by atoms with E-state index in [1.807, 2.05) is 0 Å². The largest absolute Gasteiger partial charge is 0.454 e. The van der Waals surface area contributed by atoms with Crippen molar-refractivity contribution in [3.8, 4) is 0 Å². The van der Waals surface area contributed by atoms with E-state index in [0.717, 1.165) is 5.39 Å². The van der Waals surface area contributed by atoms with Crippen molar-refractivity contribution in [2.24, 2.45) is 0 Å². The number of fused-ring (bicyclic) bond motifs is 3. The normalized spacial score (nSPS) is 10.8. The van der Waals surface area contributed by atoms with Gasteiger partial charge in [-0.1, -0.05) is 12.1 Å².